The molecule has 0 spiro atoms. The maximum Gasteiger partial charge on any atom is 0.416 e. The number of rotatable bonds is 5. The van der Waals surface area contributed by atoms with Crippen LogP contribution in [0.2, 0.25) is 5.02 Å². The van der Waals surface area contributed by atoms with Gasteiger partial charge in [-0.2, -0.15) is 26.3 Å². The van der Waals surface area contributed by atoms with E-state index in [4.69, 9.17) is 21.1 Å². The molecule has 13 heteroatoms. The minimum Gasteiger partial charge on any atom is -0.450 e. The van der Waals surface area contributed by atoms with E-state index in [1.165, 1.54) is 24.0 Å². The number of anilines is 1. The Labute approximate surface area is 220 Å². The van der Waals surface area contributed by atoms with E-state index in [2.05, 4.69) is 0 Å². The van der Waals surface area contributed by atoms with E-state index in [1.807, 2.05) is 0 Å². The summed E-state index contributed by atoms with van der Waals surface area (Å²) in [6.07, 6.45) is -11.6. The molecule has 1 heterocycles. The number of carbonyl (C=O) groups excluding carboxylic acids is 2. The fraction of sp³-hybridized carbons (Fsp3) is 0.440. The quantitative estimate of drug-likeness (QED) is 0.346. The molecule has 2 aromatic rings. The van der Waals surface area contributed by atoms with Crippen molar-refractivity contribution in [3.8, 4) is 0 Å². The number of benzene rings is 2. The molecule has 0 bridgehead atoms. The van der Waals surface area contributed by atoms with Crippen molar-refractivity contribution in [2.24, 2.45) is 0 Å². The minimum absolute atomic E-state index is 0.0232. The third kappa shape index (κ3) is 6.46. The number of alkyl halides is 6. The summed E-state index contributed by atoms with van der Waals surface area (Å²) in [5, 5.41) is 0.265. The van der Waals surface area contributed by atoms with Crippen LogP contribution in [-0.2, 0) is 28.4 Å². The Balaban J connectivity index is 2.13. The minimum atomic E-state index is -5.05. The number of hydrogen-bond donors (Lipinski definition) is 0. The van der Waals surface area contributed by atoms with Crippen molar-refractivity contribution in [3.63, 3.8) is 0 Å². The van der Waals surface area contributed by atoms with Crippen molar-refractivity contribution in [2.75, 3.05) is 18.1 Å². The molecule has 208 valence electrons. The van der Waals surface area contributed by atoms with Crippen LogP contribution in [0, 0.1) is 0 Å². The van der Waals surface area contributed by atoms with Gasteiger partial charge in [0.2, 0.25) is 0 Å². The summed E-state index contributed by atoms with van der Waals surface area (Å²) in [5.74, 6) is 0. The summed E-state index contributed by atoms with van der Waals surface area (Å²) in [6.45, 7) is 4.19. The standard InChI is InChI=1S/C25H25ClF6N2O4/c1-4-37-22(35)33(13-15-9-16(24(27,28)29)11-17(10-15)25(30,31)32)20-8-14(3)34(23(36)38-5-2)21-12-18(26)6-7-19(20)21/h6-7,9-12,14,20H,4-5,8,13H2,1-3H3/t14-,20+/m1/s1. The van der Waals surface area contributed by atoms with Gasteiger partial charge in [0.15, 0.2) is 0 Å². The Morgan fingerprint density at radius 3 is 2.08 bits per heavy atom. The van der Waals surface area contributed by atoms with E-state index in [9.17, 15) is 35.9 Å². The molecule has 0 aromatic heterocycles. The molecule has 2 aromatic carbocycles. The number of amides is 2. The van der Waals surface area contributed by atoms with Crippen LogP contribution in [0.15, 0.2) is 36.4 Å². The van der Waals surface area contributed by atoms with Crippen molar-refractivity contribution in [3.05, 3.63) is 63.7 Å². The molecule has 0 radical (unpaired) electrons. The Morgan fingerprint density at radius 1 is 0.974 bits per heavy atom. The topological polar surface area (TPSA) is 59.1 Å². The Morgan fingerprint density at radius 2 is 1.55 bits per heavy atom. The van der Waals surface area contributed by atoms with Crippen LogP contribution >= 0.6 is 11.6 Å². The number of halogens is 7. The van der Waals surface area contributed by atoms with Gasteiger partial charge in [0.05, 0.1) is 36.1 Å². The van der Waals surface area contributed by atoms with E-state index in [-0.39, 0.29) is 30.7 Å². The lowest BCUT2D eigenvalue weighted by Gasteiger charge is -2.42. The lowest BCUT2D eigenvalue weighted by Crippen LogP contribution is -2.47. The summed E-state index contributed by atoms with van der Waals surface area (Å²) >= 11 is 6.16. The van der Waals surface area contributed by atoms with Crippen LogP contribution in [0.5, 0.6) is 0 Å². The number of ether oxygens (including phenoxy) is 2. The van der Waals surface area contributed by atoms with Crippen molar-refractivity contribution >= 4 is 29.5 Å². The normalized spacial score (nSPS) is 17.6. The van der Waals surface area contributed by atoms with E-state index in [0.29, 0.717) is 23.4 Å². The summed E-state index contributed by atoms with van der Waals surface area (Å²) in [6, 6.07) is 4.24. The highest BCUT2D eigenvalue weighted by Gasteiger charge is 2.41. The van der Waals surface area contributed by atoms with Gasteiger partial charge in [-0.25, -0.2) is 9.59 Å². The first-order valence-corrected chi connectivity index (χ1v) is 12.0. The second-order valence-electron chi connectivity index (χ2n) is 8.61. The fourth-order valence-corrected chi connectivity index (χ4v) is 4.55. The first-order valence-electron chi connectivity index (χ1n) is 11.6. The third-order valence-electron chi connectivity index (χ3n) is 5.96. The monoisotopic (exact) mass is 566 g/mol. The maximum absolute atomic E-state index is 13.4. The molecule has 38 heavy (non-hydrogen) atoms. The van der Waals surface area contributed by atoms with E-state index in [0.717, 1.165) is 4.90 Å². The summed E-state index contributed by atoms with van der Waals surface area (Å²) < 4.78 is 90.9. The molecule has 0 N–H and O–H groups in total. The summed E-state index contributed by atoms with van der Waals surface area (Å²) in [7, 11) is 0. The third-order valence-corrected chi connectivity index (χ3v) is 6.19. The van der Waals surface area contributed by atoms with Crippen molar-refractivity contribution in [1.82, 2.24) is 4.90 Å². The van der Waals surface area contributed by atoms with Crippen LogP contribution in [0.1, 0.15) is 55.5 Å². The molecular formula is C25H25ClF6N2O4. The molecule has 0 aliphatic carbocycles. The van der Waals surface area contributed by atoms with Crippen molar-refractivity contribution in [2.45, 2.75) is 58.2 Å². The molecular weight excluding hydrogens is 542 g/mol. The smallest absolute Gasteiger partial charge is 0.416 e. The maximum atomic E-state index is 13.4. The molecule has 0 unspecified atom stereocenters. The van der Waals surface area contributed by atoms with Crippen LogP contribution in [-0.4, -0.2) is 36.3 Å². The molecule has 0 fully saturated rings. The predicted octanol–water partition coefficient (Wildman–Crippen LogP) is 7.83. The number of carbonyl (C=O) groups is 2. The lowest BCUT2D eigenvalue weighted by molar-refractivity contribution is -0.143. The van der Waals surface area contributed by atoms with Gasteiger partial charge in [0.25, 0.3) is 0 Å². The molecule has 1 aliphatic rings. The lowest BCUT2D eigenvalue weighted by atomic mass is 9.90. The Hall–Kier alpha value is -3.15. The SMILES string of the molecule is CCOC(=O)N(Cc1cc(C(F)(F)F)cc(C(F)(F)F)c1)[C@H]1C[C@@H](C)N(C(=O)OCC)c2cc(Cl)ccc21. The van der Waals surface area contributed by atoms with Gasteiger partial charge in [0, 0.05) is 17.6 Å². The molecule has 0 saturated heterocycles. The van der Waals surface area contributed by atoms with Gasteiger partial charge >= 0.3 is 24.5 Å². The van der Waals surface area contributed by atoms with E-state index >= 15 is 0 Å². The second kappa shape index (κ2) is 11.3. The first-order chi connectivity index (χ1) is 17.7. The Bertz CT molecular complexity index is 1160. The average Bonchev–Trinajstić information content (AvgIpc) is 2.80. The van der Waals surface area contributed by atoms with E-state index < -0.39 is 59.9 Å². The van der Waals surface area contributed by atoms with Gasteiger partial charge in [-0.1, -0.05) is 17.7 Å². The van der Waals surface area contributed by atoms with E-state index in [1.54, 1.807) is 19.9 Å². The molecule has 2 atom stereocenters. The van der Waals surface area contributed by atoms with Gasteiger partial charge in [-0.3, -0.25) is 9.80 Å². The van der Waals surface area contributed by atoms with Crippen LogP contribution < -0.4 is 4.90 Å². The zero-order valence-corrected chi connectivity index (χ0v) is 21.4. The summed E-state index contributed by atoms with van der Waals surface area (Å²) in [4.78, 5) is 28.1. The predicted molar refractivity (Wildman–Crippen MR) is 127 cm³/mol. The van der Waals surface area contributed by atoms with Gasteiger partial charge < -0.3 is 9.47 Å². The molecule has 3 rings (SSSR count). The first kappa shape index (κ1) is 29.4. The molecule has 0 saturated carbocycles. The van der Waals surface area contributed by atoms with Crippen molar-refractivity contribution in [1.29, 1.82) is 0 Å². The molecule has 1 aliphatic heterocycles. The molecule has 2 amide bonds. The fourth-order valence-electron chi connectivity index (χ4n) is 4.38. The highest BCUT2D eigenvalue weighted by Crippen LogP contribution is 2.43. The van der Waals surface area contributed by atoms with Crippen LogP contribution in [0.3, 0.4) is 0 Å². The van der Waals surface area contributed by atoms with Crippen molar-refractivity contribution < 1.29 is 45.4 Å². The second-order valence-corrected chi connectivity index (χ2v) is 9.05. The van der Waals surface area contributed by atoms with Gasteiger partial charge in [-0.15, -0.1) is 0 Å². The highest BCUT2D eigenvalue weighted by molar-refractivity contribution is 6.31. The van der Waals surface area contributed by atoms with Crippen LogP contribution in [0.25, 0.3) is 0 Å². The van der Waals surface area contributed by atoms with Gasteiger partial charge in [0.1, 0.15) is 0 Å². The van der Waals surface area contributed by atoms with Crippen LogP contribution in [0.4, 0.5) is 41.6 Å². The zero-order chi connectivity index (χ0) is 28.4. The Kier molecular flexibility index (Phi) is 8.75. The average molecular weight is 567 g/mol. The largest absolute Gasteiger partial charge is 0.450 e. The zero-order valence-electron chi connectivity index (χ0n) is 20.6. The van der Waals surface area contributed by atoms with Gasteiger partial charge in [-0.05, 0) is 68.7 Å². The molecule has 6 nitrogen and oxygen atoms in total. The number of fused-ring (bicyclic) bond motifs is 1. The number of hydrogen-bond acceptors (Lipinski definition) is 4. The number of nitrogens with zero attached hydrogens (tertiary/aromatic N) is 2. The summed E-state index contributed by atoms with van der Waals surface area (Å²) in [5.41, 5.74) is -2.69. The highest BCUT2D eigenvalue weighted by atomic mass is 35.5.